The first-order valence-corrected chi connectivity index (χ1v) is 4.87. The number of aromatic nitrogens is 1. The zero-order valence-electron chi connectivity index (χ0n) is 6.84. The van der Waals surface area contributed by atoms with Crippen molar-refractivity contribution >= 4 is 33.2 Å². The highest BCUT2D eigenvalue weighted by Crippen LogP contribution is 2.27. The molecule has 1 aromatic heterocycles. The molecule has 0 spiro atoms. The molecule has 4 heteroatoms. The van der Waals surface area contributed by atoms with Gasteiger partial charge in [-0.1, -0.05) is 11.6 Å². The Morgan fingerprint density at radius 2 is 2.31 bits per heavy atom. The van der Waals surface area contributed by atoms with Crippen molar-refractivity contribution in [1.82, 2.24) is 4.98 Å². The summed E-state index contributed by atoms with van der Waals surface area (Å²) in [5.74, 6) is 0. The quantitative estimate of drug-likeness (QED) is 0.667. The van der Waals surface area contributed by atoms with E-state index in [0.29, 0.717) is 10.6 Å². The maximum atomic E-state index is 8.73. The highest BCUT2D eigenvalue weighted by molar-refractivity contribution is 7.18. The summed E-state index contributed by atoms with van der Waals surface area (Å²) in [6, 6.07) is 5.54. The molecule has 0 atom stereocenters. The highest BCUT2D eigenvalue weighted by Gasteiger charge is 2.05. The zero-order chi connectivity index (χ0) is 9.42. The van der Waals surface area contributed by atoms with E-state index in [0.717, 1.165) is 15.2 Å². The van der Waals surface area contributed by atoms with Crippen LogP contribution in [0.1, 0.15) is 10.6 Å². The molecule has 1 heterocycles. The molecule has 1 aromatic carbocycles. The fourth-order valence-electron chi connectivity index (χ4n) is 1.15. The van der Waals surface area contributed by atoms with Crippen molar-refractivity contribution in [2.24, 2.45) is 0 Å². The van der Waals surface area contributed by atoms with E-state index >= 15 is 0 Å². The summed E-state index contributed by atoms with van der Waals surface area (Å²) < 4.78 is 1.03. The Morgan fingerprint density at radius 1 is 1.54 bits per heavy atom. The number of hydrogen-bond acceptors (Lipinski definition) is 3. The lowest BCUT2D eigenvalue weighted by atomic mass is 10.2. The van der Waals surface area contributed by atoms with Crippen molar-refractivity contribution in [1.29, 1.82) is 5.26 Å². The van der Waals surface area contributed by atoms with Gasteiger partial charge in [0.1, 0.15) is 6.07 Å². The van der Waals surface area contributed by atoms with Crippen LogP contribution in [-0.4, -0.2) is 4.98 Å². The van der Waals surface area contributed by atoms with Gasteiger partial charge in [0.2, 0.25) is 0 Å². The third-order valence-electron chi connectivity index (χ3n) is 1.70. The van der Waals surface area contributed by atoms with Crippen molar-refractivity contribution in [2.45, 2.75) is 6.92 Å². The molecule has 2 rings (SSSR count). The minimum Gasteiger partial charge on any atom is -0.241 e. The Labute approximate surface area is 84.4 Å². The highest BCUT2D eigenvalue weighted by atomic mass is 35.5. The first kappa shape index (κ1) is 8.49. The minimum atomic E-state index is 0.486. The predicted molar refractivity (Wildman–Crippen MR) is 54.1 cm³/mol. The summed E-state index contributed by atoms with van der Waals surface area (Å²) in [6.07, 6.45) is 0. The maximum absolute atomic E-state index is 8.73. The van der Waals surface area contributed by atoms with Gasteiger partial charge in [0.05, 0.1) is 25.8 Å². The topological polar surface area (TPSA) is 36.7 Å². The van der Waals surface area contributed by atoms with Gasteiger partial charge < -0.3 is 0 Å². The van der Waals surface area contributed by atoms with Crippen LogP contribution in [0.5, 0.6) is 0 Å². The fourth-order valence-corrected chi connectivity index (χ4v) is 2.27. The Morgan fingerprint density at radius 3 is 3.00 bits per heavy atom. The Hall–Kier alpha value is -1.11. The lowest BCUT2D eigenvalue weighted by molar-refractivity contribution is 1.34. The average molecular weight is 209 g/mol. The predicted octanol–water partition coefficient (Wildman–Crippen LogP) is 3.13. The van der Waals surface area contributed by atoms with Gasteiger partial charge in [-0.3, -0.25) is 0 Å². The maximum Gasteiger partial charge on any atom is 0.101 e. The summed E-state index contributed by atoms with van der Waals surface area (Å²) in [6.45, 7) is 1.94. The molecule has 0 aliphatic heterocycles. The van der Waals surface area contributed by atoms with Crippen LogP contribution in [0.2, 0.25) is 5.02 Å². The van der Waals surface area contributed by atoms with Crippen molar-refractivity contribution in [2.75, 3.05) is 0 Å². The van der Waals surface area contributed by atoms with Crippen LogP contribution in [0, 0.1) is 18.3 Å². The number of halogens is 1. The summed E-state index contributed by atoms with van der Waals surface area (Å²) in [5, 5.41) is 10.2. The van der Waals surface area contributed by atoms with E-state index in [1.165, 1.54) is 0 Å². The normalized spacial score (nSPS) is 10.2. The molecule has 0 aliphatic carbocycles. The third kappa shape index (κ3) is 1.39. The van der Waals surface area contributed by atoms with Crippen molar-refractivity contribution in [3.8, 4) is 6.07 Å². The molecule has 0 fully saturated rings. The minimum absolute atomic E-state index is 0.486. The van der Waals surface area contributed by atoms with Crippen LogP contribution < -0.4 is 0 Å². The lowest BCUT2D eigenvalue weighted by Crippen LogP contribution is -1.76. The summed E-state index contributed by atoms with van der Waals surface area (Å²) in [4.78, 5) is 4.27. The molecule has 0 saturated carbocycles. The van der Waals surface area contributed by atoms with E-state index in [4.69, 9.17) is 16.9 Å². The fraction of sp³-hybridized carbons (Fsp3) is 0.111. The summed E-state index contributed by atoms with van der Waals surface area (Å²) in [7, 11) is 0. The number of nitriles is 1. The molecule has 0 bridgehead atoms. The van der Waals surface area contributed by atoms with Gasteiger partial charge >= 0.3 is 0 Å². The number of nitrogens with zero attached hydrogens (tertiary/aromatic N) is 2. The van der Waals surface area contributed by atoms with Crippen LogP contribution in [-0.2, 0) is 0 Å². The molecule has 64 valence electrons. The van der Waals surface area contributed by atoms with Gasteiger partial charge in [-0.2, -0.15) is 5.26 Å². The average Bonchev–Trinajstić information content (AvgIpc) is 2.42. The number of fused-ring (bicyclic) bond motifs is 1. The van der Waals surface area contributed by atoms with Crippen molar-refractivity contribution in [3.63, 3.8) is 0 Å². The van der Waals surface area contributed by atoms with Crippen LogP contribution in [0.4, 0.5) is 0 Å². The molecule has 0 radical (unpaired) electrons. The van der Waals surface area contributed by atoms with Gasteiger partial charge in [-0.05, 0) is 19.1 Å². The van der Waals surface area contributed by atoms with Crippen LogP contribution >= 0.6 is 22.9 Å². The number of rotatable bonds is 0. The van der Waals surface area contributed by atoms with E-state index in [2.05, 4.69) is 4.98 Å². The van der Waals surface area contributed by atoms with E-state index < -0.39 is 0 Å². The second-order valence-electron chi connectivity index (χ2n) is 2.64. The SMILES string of the molecule is Cc1nc2cc(C#N)c(Cl)cc2s1. The van der Waals surface area contributed by atoms with E-state index in [1.807, 2.05) is 13.0 Å². The van der Waals surface area contributed by atoms with Crippen LogP contribution in [0.3, 0.4) is 0 Å². The molecule has 0 saturated heterocycles. The molecular formula is C9H5ClN2S. The number of hydrogen-bond donors (Lipinski definition) is 0. The molecule has 2 aromatic rings. The van der Waals surface area contributed by atoms with E-state index in [1.54, 1.807) is 23.5 Å². The Balaban J connectivity index is 2.82. The molecular weight excluding hydrogens is 204 g/mol. The van der Waals surface area contributed by atoms with Gasteiger partial charge in [0.25, 0.3) is 0 Å². The Kier molecular flexibility index (Phi) is 1.95. The van der Waals surface area contributed by atoms with Gasteiger partial charge in [0, 0.05) is 0 Å². The molecule has 2 nitrogen and oxygen atoms in total. The molecule has 0 amide bonds. The summed E-state index contributed by atoms with van der Waals surface area (Å²) in [5.41, 5.74) is 1.34. The molecule has 0 unspecified atom stereocenters. The van der Waals surface area contributed by atoms with E-state index in [9.17, 15) is 0 Å². The second kappa shape index (κ2) is 2.99. The Bertz CT molecular complexity index is 510. The van der Waals surface area contributed by atoms with Gasteiger partial charge in [-0.15, -0.1) is 11.3 Å². The standard InChI is InChI=1S/C9H5ClN2S/c1-5-12-8-2-6(4-11)7(10)3-9(8)13-5/h2-3H,1H3. The van der Waals surface area contributed by atoms with E-state index in [-0.39, 0.29) is 0 Å². The van der Waals surface area contributed by atoms with Crippen molar-refractivity contribution < 1.29 is 0 Å². The monoisotopic (exact) mass is 208 g/mol. The van der Waals surface area contributed by atoms with Gasteiger partial charge in [0.15, 0.2) is 0 Å². The number of thiazole rings is 1. The summed E-state index contributed by atoms with van der Waals surface area (Å²) >= 11 is 7.45. The first-order chi connectivity index (χ1) is 6.20. The second-order valence-corrected chi connectivity index (χ2v) is 4.29. The smallest absolute Gasteiger partial charge is 0.101 e. The third-order valence-corrected chi connectivity index (χ3v) is 2.95. The lowest BCUT2D eigenvalue weighted by Gasteiger charge is -1.92. The van der Waals surface area contributed by atoms with Crippen LogP contribution in [0.15, 0.2) is 12.1 Å². The molecule has 0 N–H and O–H groups in total. The van der Waals surface area contributed by atoms with Gasteiger partial charge in [-0.25, -0.2) is 4.98 Å². The first-order valence-electron chi connectivity index (χ1n) is 3.67. The molecule has 0 aliphatic rings. The van der Waals surface area contributed by atoms with Crippen molar-refractivity contribution in [3.05, 3.63) is 27.7 Å². The number of aryl methyl sites for hydroxylation is 1. The number of benzene rings is 1. The molecule has 13 heavy (non-hydrogen) atoms. The van der Waals surface area contributed by atoms with Crippen LogP contribution in [0.25, 0.3) is 10.2 Å². The largest absolute Gasteiger partial charge is 0.241 e. The zero-order valence-corrected chi connectivity index (χ0v) is 8.41.